The van der Waals surface area contributed by atoms with Crippen LogP contribution in [0.15, 0.2) is 18.2 Å². The molecule has 0 bridgehead atoms. The summed E-state index contributed by atoms with van der Waals surface area (Å²) in [4.78, 5) is 0. The first-order valence-corrected chi connectivity index (χ1v) is 5.16. The van der Waals surface area contributed by atoms with Gasteiger partial charge in [0, 0.05) is 11.3 Å². The Balaban J connectivity index is 2.66. The molecule has 19 heavy (non-hydrogen) atoms. The first kappa shape index (κ1) is 13.1. The molecular formula is C12H7F4N3. The predicted molar refractivity (Wildman–Crippen MR) is 58.4 cm³/mol. The van der Waals surface area contributed by atoms with Crippen molar-refractivity contribution >= 4 is 0 Å². The standard InChI is InChI=1S/C12H7F4N3/c1-6-10(11(19-18-6)12(14,15)16)7-2-3-9(13)8(4-7)5-17/h2-4H,1H3,(H,18,19). The van der Waals surface area contributed by atoms with E-state index in [4.69, 9.17) is 5.26 Å². The SMILES string of the molecule is Cc1[nH]nc(C(F)(F)F)c1-c1ccc(F)c(C#N)c1. The number of alkyl halides is 3. The monoisotopic (exact) mass is 269 g/mol. The van der Waals surface area contributed by atoms with Crippen molar-refractivity contribution in [1.82, 2.24) is 10.2 Å². The molecule has 1 heterocycles. The number of benzene rings is 1. The summed E-state index contributed by atoms with van der Waals surface area (Å²) in [6.45, 7) is 1.42. The molecule has 1 aromatic carbocycles. The topological polar surface area (TPSA) is 52.5 Å². The van der Waals surface area contributed by atoms with E-state index in [0.29, 0.717) is 0 Å². The van der Waals surface area contributed by atoms with Gasteiger partial charge in [0.25, 0.3) is 0 Å². The molecule has 0 aliphatic heterocycles. The maximum Gasteiger partial charge on any atom is 0.435 e. The summed E-state index contributed by atoms with van der Waals surface area (Å²) in [5.74, 6) is -0.777. The molecule has 2 rings (SSSR count). The average Bonchev–Trinajstić information content (AvgIpc) is 2.72. The highest BCUT2D eigenvalue weighted by Gasteiger charge is 2.37. The van der Waals surface area contributed by atoms with Crippen LogP contribution in [0.25, 0.3) is 11.1 Å². The third kappa shape index (κ3) is 2.29. The van der Waals surface area contributed by atoms with Gasteiger partial charge in [-0.1, -0.05) is 6.07 Å². The molecule has 0 saturated heterocycles. The zero-order valence-electron chi connectivity index (χ0n) is 9.64. The van der Waals surface area contributed by atoms with Gasteiger partial charge in [0.05, 0.1) is 5.56 Å². The van der Waals surface area contributed by atoms with Crippen LogP contribution in [0.4, 0.5) is 17.6 Å². The second-order valence-corrected chi connectivity index (χ2v) is 3.88. The minimum Gasteiger partial charge on any atom is -0.282 e. The number of nitrogens with zero attached hydrogens (tertiary/aromatic N) is 2. The molecule has 1 aromatic heterocycles. The Morgan fingerprint density at radius 3 is 2.58 bits per heavy atom. The van der Waals surface area contributed by atoms with Crippen LogP contribution < -0.4 is 0 Å². The molecule has 2 aromatic rings. The summed E-state index contributed by atoms with van der Waals surface area (Å²) in [6.07, 6.45) is -4.62. The number of H-pyrrole nitrogens is 1. The van der Waals surface area contributed by atoms with Gasteiger partial charge in [-0.25, -0.2) is 4.39 Å². The van der Waals surface area contributed by atoms with Crippen LogP contribution in [0, 0.1) is 24.1 Å². The molecule has 7 heteroatoms. The third-order valence-corrected chi connectivity index (χ3v) is 2.59. The highest BCUT2D eigenvalue weighted by molar-refractivity contribution is 5.70. The lowest BCUT2D eigenvalue weighted by Crippen LogP contribution is -2.07. The van der Waals surface area contributed by atoms with Gasteiger partial charge in [-0.15, -0.1) is 0 Å². The van der Waals surface area contributed by atoms with E-state index in [1.807, 2.05) is 0 Å². The quantitative estimate of drug-likeness (QED) is 0.806. The van der Waals surface area contributed by atoms with Crippen LogP contribution in [-0.2, 0) is 6.18 Å². The first-order chi connectivity index (χ1) is 8.84. The van der Waals surface area contributed by atoms with Crippen LogP contribution >= 0.6 is 0 Å². The molecule has 0 aliphatic carbocycles. The number of nitriles is 1. The van der Waals surface area contributed by atoms with Crippen molar-refractivity contribution in [1.29, 1.82) is 5.26 Å². The highest BCUT2D eigenvalue weighted by atomic mass is 19.4. The number of hydrogen-bond donors (Lipinski definition) is 1. The summed E-state index contributed by atoms with van der Waals surface area (Å²) < 4.78 is 51.5. The zero-order chi connectivity index (χ0) is 14.2. The minimum absolute atomic E-state index is 0.0940. The van der Waals surface area contributed by atoms with E-state index in [1.165, 1.54) is 13.0 Å². The Morgan fingerprint density at radius 1 is 1.32 bits per heavy atom. The summed E-state index contributed by atoms with van der Waals surface area (Å²) in [5.41, 5.74) is -1.28. The second kappa shape index (κ2) is 4.39. The fourth-order valence-electron chi connectivity index (χ4n) is 1.75. The van der Waals surface area contributed by atoms with E-state index in [0.717, 1.165) is 12.1 Å². The van der Waals surface area contributed by atoms with Crippen LogP contribution in [-0.4, -0.2) is 10.2 Å². The van der Waals surface area contributed by atoms with E-state index in [-0.39, 0.29) is 22.4 Å². The Bertz CT molecular complexity index is 665. The van der Waals surface area contributed by atoms with Gasteiger partial charge in [-0.2, -0.15) is 23.5 Å². The largest absolute Gasteiger partial charge is 0.435 e. The fraction of sp³-hybridized carbons (Fsp3) is 0.167. The van der Waals surface area contributed by atoms with Gasteiger partial charge in [0.15, 0.2) is 5.69 Å². The molecule has 0 aliphatic rings. The van der Waals surface area contributed by atoms with Crippen molar-refractivity contribution < 1.29 is 17.6 Å². The Hall–Kier alpha value is -2.36. The highest BCUT2D eigenvalue weighted by Crippen LogP contribution is 2.37. The number of aryl methyl sites for hydroxylation is 1. The van der Waals surface area contributed by atoms with Gasteiger partial charge in [0.1, 0.15) is 11.9 Å². The van der Waals surface area contributed by atoms with Gasteiger partial charge in [-0.3, -0.25) is 5.10 Å². The summed E-state index contributed by atoms with van der Waals surface area (Å²) >= 11 is 0. The molecule has 0 amide bonds. The maximum atomic E-state index is 13.2. The number of nitrogens with one attached hydrogen (secondary N) is 1. The van der Waals surface area contributed by atoms with Crippen molar-refractivity contribution in [2.75, 3.05) is 0 Å². The van der Waals surface area contributed by atoms with Crippen molar-refractivity contribution in [2.45, 2.75) is 13.1 Å². The molecule has 0 fully saturated rings. The van der Waals surface area contributed by atoms with E-state index >= 15 is 0 Å². The van der Waals surface area contributed by atoms with Crippen LogP contribution in [0.5, 0.6) is 0 Å². The second-order valence-electron chi connectivity index (χ2n) is 3.88. The van der Waals surface area contributed by atoms with Gasteiger partial charge in [-0.05, 0) is 24.6 Å². The van der Waals surface area contributed by atoms with Crippen molar-refractivity contribution in [3.8, 4) is 17.2 Å². The smallest absolute Gasteiger partial charge is 0.282 e. The minimum atomic E-state index is -4.62. The lowest BCUT2D eigenvalue weighted by atomic mass is 10.0. The van der Waals surface area contributed by atoms with E-state index in [2.05, 4.69) is 10.2 Å². The Kier molecular flexibility index (Phi) is 3.02. The average molecular weight is 269 g/mol. The lowest BCUT2D eigenvalue weighted by molar-refractivity contribution is -0.140. The van der Waals surface area contributed by atoms with E-state index in [9.17, 15) is 17.6 Å². The molecule has 98 valence electrons. The zero-order valence-corrected chi connectivity index (χ0v) is 9.64. The molecule has 0 spiro atoms. The summed E-state index contributed by atoms with van der Waals surface area (Å²) in [7, 11) is 0. The van der Waals surface area contributed by atoms with E-state index in [1.54, 1.807) is 6.07 Å². The molecule has 0 saturated carbocycles. The number of rotatable bonds is 1. The molecule has 1 N–H and O–H groups in total. The fourth-order valence-corrected chi connectivity index (χ4v) is 1.75. The summed E-state index contributed by atoms with van der Waals surface area (Å²) in [6, 6.07) is 4.80. The van der Waals surface area contributed by atoms with Crippen LogP contribution in [0.3, 0.4) is 0 Å². The number of aromatic amines is 1. The number of hydrogen-bond acceptors (Lipinski definition) is 2. The normalized spacial score (nSPS) is 11.4. The maximum absolute atomic E-state index is 13.2. The lowest BCUT2D eigenvalue weighted by Gasteiger charge is -2.07. The molecule has 3 nitrogen and oxygen atoms in total. The number of aromatic nitrogens is 2. The van der Waals surface area contributed by atoms with E-state index < -0.39 is 17.7 Å². The summed E-state index contributed by atoms with van der Waals surface area (Å²) in [5, 5.41) is 14.2. The molecule has 0 unspecified atom stereocenters. The van der Waals surface area contributed by atoms with Gasteiger partial charge in [0.2, 0.25) is 0 Å². The Morgan fingerprint density at radius 2 is 2.00 bits per heavy atom. The van der Waals surface area contributed by atoms with Gasteiger partial charge >= 0.3 is 6.18 Å². The Labute approximate surface area is 105 Å². The van der Waals surface area contributed by atoms with Crippen molar-refractivity contribution in [3.05, 3.63) is 41.0 Å². The third-order valence-electron chi connectivity index (χ3n) is 2.59. The molecule has 0 radical (unpaired) electrons. The molecular weight excluding hydrogens is 262 g/mol. The predicted octanol–water partition coefficient (Wildman–Crippen LogP) is 3.41. The number of halogens is 4. The van der Waals surface area contributed by atoms with Crippen molar-refractivity contribution in [3.63, 3.8) is 0 Å². The van der Waals surface area contributed by atoms with Crippen molar-refractivity contribution in [2.24, 2.45) is 0 Å². The van der Waals surface area contributed by atoms with Crippen LogP contribution in [0.2, 0.25) is 0 Å². The van der Waals surface area contributed by atoms with Gasteiger partial charge < -0.3 is 0 Å². The molecule has 0 atom stereocenters. The first-order valence-electron chi connectivity index (χ1n) is 5.16. The van der Waals surface area contributed by atoms with Crippen LogP contribution in [0.1, 0.15) is 17.0 Å².